The number of anilines is 1. The highest BCUT2D eigenvalue weighted by atomic mass is 32.1. The second-order valence-electron chi connectivity index (χ2n) is 5.28. The molecule has 0 spiro atoms. The summed E-state index contributed by atoms with van der Waals surface area (Å²) >= 11 is 1.46. The smallest absolute Gasteiger partial charge is 0.280 e. The third kappa shape index (κ3) is 3.79. The molecule has 0 aliphatic heterocycles. The van der Waals surface area contributed by atoms with Crippen LogP contribution in [0.3, 0.4) is 0 Å². The summed E-state index contributed by atoms with van der Waals surface area (Å²) in [5.41, 5.74) is 6.13. The van der Waals surface area contributed by atoms with E-state index in [-0.39, 0.29) is 5.91 Å². The highest BCUT2D eigenvalue weighted by Gasteiger charge is 2.15. The molecule has 4 heteroatoms. The van der Waals surface area contributed by atoms with Gasteiger partial charge in [-0.3, -0.25) is 15.2 Å². The number of hydrogen-bond donors (Lipinski definition) is 1. The van der Waals surface area contributed by atoms with E-state index in [9.17, 15) is 4.79 Å². The van der Waals surface area contributed by atoms with E-state index in [1.165, 1.54) is 11.3 Å². The molecule has 0 atom stereocenters. The van der Waals surface area contributed by atoms with Crippen molar-refractivity contribution >= 4 is 22.9 Å². The first-order chi connectivity index (χ1) is 11.2. The fourth-order valence-corrected chi connectivity index (χ4v) is 3.16. The number of thiophene rings is 1. The fraction of sp³-hybridized carbons (Fsp3) is 0.105. The van der Waals surface area contributed by atoms with E-state index >= 15 is 0 Å². The van der Waals surface area contributed by atoms with Gasteiger partial charge in [0.25, 0.3) is 5.91 Å². The SMILES string of the molecule is Cc1ccsc1C(=O)NN(Cc1ccccc1)c1ccccc1. The number of aryl methyl sites for hydroxylation is 1. The van der Waals surface area contributed by atoms with Gasteiger partial charge in [0.05, 0.1) is 17.1 Å². The van der Waals surface area contributed by atoms with Gasteiger partial charge in [-0.15, -0.1) is 11.3 Å². The zero-order chi connectivity index (χ0) is 16.1. The number of amides is 1. The Morgan fingerprint density at radius 3 is 2.26 bits per heavy atom. The summed E-state index contributed by atoms with van der Waals surface area (Å²) in [7, 11) is 0. The summed E-state index contributed by atoms with van der Waals surface area (Å²) in [5, 5.41) is 3.82. The average Bonchev–Trinajstić information content (AvgIpc) is 3.02. The van der Waals surface area contributed by atoms with Crippen LogP contribution in [0.25, 0.3) is 0 Å². The number of nitrogens with one attached hydrogen (secondary N) is 1. The molecular formula is C19H18N2OS. The molecule has 1 amide bonds. The van der Waals surface area contributed by atoms with E-state index in [2.05, 4.69) is 17.6 Å². The molecule has 0 saturated carbocycles. The van der Waals surface area contributed by atoms with Gasteiger partial charge in [-0.25, -0.2) is 0 Å². The fourth-order valence-electron chi connectivity index (χ4n) is 2.35. The van der Waals surface area contributed by atoms with Crippen LogP contribution in [0.2, 0.25) is 0 Å². The predicted octanol–water partition coefficient (Wildman–Crippen LogP) is 4.41. The molecule has 23 heavy (non-hydrogen) atoms. The number of hydrazine groups is 1. The van der Waals surface area contributed by atoms with Crippen LogP contribution >= 0.6 is 11.3 Å². The van der Waals surface area contributed by atoms with E-state index in [0.29, 0.717) is 6.54 Å². The predicted molar refractivity (Wildman–Crippen MR) is 95.6 cm³/mol. The molecule has 1 aromatic heterocycles. The Kier molecular flexibility index (Phi) is 4.74. The number of benzene rings is 2. The highest BCUT2D eigenvalue weighted by Crippen LogP contribution is 2.18. The Balaban J connectivity index is 1.83. The zero-order valence-electron chi connectivity index (χ0n) is 12.9. The first-order valence-electron chi connectivity index (χ1n) is 7.45. The average molecular weight is 322 g/mol. The van der Waals surface area contributed by atoms with Gasteiger partial charge in [0.15, 0.2) is 0 Å². The molecule has 0 aliphatic rings. The standard InChI is InChI=1S/C19H18N2OS/c1-15-12-13-23-18(15)19(22)20-21(17-10-6-3-7-11-17)14-16-8-4-2-5-9-16/h2-13H,14H2,1H3,(H,20,22). The lowest BCUT2D eigenvalue weighted by atomic mass is 10.2. The number of hydrogen-bond acceptors (Lipinski definition) is 3. The van der Waals surface area contributed by atoms with Gasteiger partial charge in [-0.2, -0.15) is 0 Å². The molecule has 0 saturated heterocycles. The van der Waals surface area contributed by atoms with E-state index < -0.39 is 0 Å². The zero-order valence-corrected chi connectivity index (χ0v) is 13.7. The Hall–Kier alpha value is -2.59. The molecule has 1 heterocycles. The van der Waals surface area contributed by atoms with Gasteiger partial charge in [-0.05, 0) is 41.6 Å². The molecule has 3 nitrogen and oxygen atoms in total. The van der Waals surface area contributed by atoms with E-state index in [1.807, 2.05) is 71.9 Å². The largest absolute Gasteiger partial charge is 0.281 e. The Morgan fingerprint density at radius 1 is 1.00 bits per heavy atom. The summed E-state index contributed by atoms with van der Waals surface area (Å²) in [4.78, 5) is 13.3. The second kappa shape index (κ2) is 7.11. The summed E-state index contributed by atoms with van der Waals surface area (Å²) < 4.78 is 0. The molecule has 116 valence electrons. The van der Waals surface area contributed by atoms with Gasteiger partial charge >= 0.3 is 0 Å². The lowest BCUT2D eigenvalue weighted by Gasteiger charge is -2.25. The van der Waals surface area contributed by atoms with Crippen LogP contribution in [0.5, 0.6) is 0 Å². The molecule has 1 N–H and O–H groups in total. The summed E-state index contributed by atoms with van der Waals surface area (Å²) in [6, 6.07) is 22.0. The molecule has 0 bridgehead atoms. The number of carbonyl (C=O) groups excluding carboxylic acids is 1. The maximum atomic E-state index is 12.6. The van der Waals surface area contributed by atoms with Crippen molar-refractivity contribution in [2.45, 2.75) is 13.5 Å². The minimum absolute atomic E-state index is 0.0720. The first kappa shape index (κ1) is 15.3. The lowest BCUT2D eigenvalue weighted by Crippen LogP contribution is -2.41. The number of carbonyl (C=O) groups is 1. The third-order valence-corrected chi connectivity index (χ3v) is 4.57. The van der Waals surface area contributed by atoms with Crippen molar-refractivity contribution in [1.82, 2.24) is 5.43 Å². The number of para-hydroxylation sites is 1. The van der Waals surface area contributed by atoms with Crippen molar-refractivity contribution in [2.75, 3.05) is 5.01 Å². The topological polar surface area (TPSA) is 32.3 Å². The van der Waals surface area contributed by atoms with E-state index in [1.54, 1.807) is 0 Å². The van der Waals surface area contributed by atoms with Gasteiger partial charge in [0.2, 0.25) is 0 Å². The van der Waals surface area contributed by atoms with Crippen molar-refractivity contribution in [2.24, 2.45) is 0 Å². The minimum Gasteiger partial charge on any atom is -0.281 e. The number of nitrogens with zero attached hydrogens (tertiary/aromatic N) is 1. The number of rotatable bonds is 5. The maximum Gasteiger partial charge on any atom is 0.280 e. The lowest BCUT2D eigenvalue weighted by molar-refractivity contribution is 0.0951. The van der Waals surface area contributed by atoms with Gasteiger partial charge in [0.1, 0.15) is 0 Å². The van der Waals surface area contributed by atoms with Crippen molar-refractivity contribution < 1.29 is 4.79 Å². The van der Waals surface area contributed by atoms with Crippen molar-refractivity contribution in [1.29, 1.82) is 0 Å². The van der Waals surface area contributed by atoms with E-state index in [4.69, 9.17) is 0 Å². The molecule has 0 aliphatic carbocycles. The van der Waals surface area contributed by atoms with Crippen LogP contribution in [0.4, 0.5) is 5.69 Å². The van der Waals surface area contributed by atoms with Crippen LogP contribution in [0.1, 0.15) is 20.8 Å². The summed E-state index contributed by atoms with van der Waals surface area (Å²) in [6.07, 6.45) is 0. The van der Waals surface area contributed by atoms with E-state index in [0.717, 1.165) is 21.7 Å². The Labute approximate surface area is 140 Å². The van der Waals surface area contributed by atoms with Crippen LogP contribution in [0, 0.1) is 6.92 Å². The van der Waals surface area contributed by atoms with Crippen LogP contribution in [0.15, 0.2) is 72.1 Å². The Bertz CT molecular complexity index is 768. The highest BCUT2D eigenvalue weighted by molar-refractivity contribution is 7.12. The van der Waals surface area contributed by atoms with Crippen LogP contribution < -0.4 is 10.4 Å². The Morgan fingerprint density at radius 2 is 1.65 bits per heavy atom. The van der Waals surface area contributed by atoms with Crippen LogP contribution in [-0.2, 0) is 6.54 Å². The molecular weight excluding hydrogens is 304 g/mol. The van der Waals surface area contributed by atoms with Gasteiger partial charge in [-0.1, -0.05) is 48.5 Å². The third-order valence-electron chi connectivity index (χ3n) is 3.56. The van der Waals surface area contributed by atoms with Gasteiger partial charge in [0, 0.05) is 0 Å². The summed E-state index contributed by atoms with van der Waals surface area (Å²) in [5.74, 6) is -0.0720. The normalized spacial score (nSPS) is 10.3. The van der Waals surface area contributed by atoms with Crippen molar-refractivity contribution in [3.05, 3.63) is 88.1 Å². The minimum atomic E-state index is -0.0720. The van der Waals surface area contributed by atoms with Crippen LogP contribution in [-0.4, -0.2) is 5.91 Å². The van der Waals surface area contributed by atoms with Gasteiger partial charge < -0.3 is 0 Å². The molecule has 3 aromatic rings. The molecule has 0 unspecified atom stereocenters. The molecule has 0 fully saturated rings. The van der Waals surface area contributed by atoms with Crippen molar-refractivity contribution in [3.63, 3.8) is 0 Å². The first-order valence-corrected chi connectivity index (χ1v) is 8.33. The molecule has 2 aromatic carbocycles. The van der Waals surface area contributed by atoms with Crippen molar-refractivity contribution in [3.8, 4) is 0 Å². The summed E-state index contributed by atoms with van der Waals surface area (Å²) in [6.45, 7) is 2.57. The molecule has 3 rings (SSSR count). The quantitative estimate of drug-likeness (QED) is 0.706. The second-order valence-corrected chi connectivity index (χ2v) is 6.20. The maximum absolute atomic E-state index is 12.6. The monoisotopic (exact) mass is 322 g/mol. The molecule has 0 radical (unpaired) electrons.